The van der Waals surface area contributed by atoms with Gasteiger partial charge in [0.15, 0.2) is 0 Å². The van der Waals surface area contributed by atoms with Crippen molar-refractivity contribution in [3.05, 3.63) is 71.4 Å². The first-order valence-electron chi connectivity index (χ1n) is 14.5. The van der Waals surface area contributed by atoms with E-state index in [1.165, 1.54) is 18.0 Å². The molecule has 1 aliphatic carbocycles. The molecule has 0 bridgehead atoms. The molecular formula is C32H37F3N6O2. The highest BCUT2D eigenvalue weighted by atomic mass is 19.4. The van der Waals surface area contributed by atoms with Crippen molar-refractivity contribution in [2.24, 2.45) is 5.92 Å². The second kappa shape index (κ2) is 12.7. The van der Waals surface area contributed by atoms with Crippen LogP contribution < -0.4 is 15.5 Å². The first-order valence-corrected chi connectivity index (χ1v) is 14.5. The molecule has 2 N–H and O–H groups in total. The van der Waals surface area contributed by atoms with E-state index < -0.39 is 11.7 Å². The molecule has 11 heteroatoms. The van der Waals surface area contributed by atoms with Crippen molar-refractivity contribution in [3.63, 3.8) is 0 Å². The van der Waals surface area contributed by atoms with E-state index in [1.807, 2.05) is 49.2 Å². The highest BCUT2D eigenvalue weighted by Crippen LogP contribution is 2.35. The number of carbonyl (C=O) groups is 2. The largest absolute Gasteiger partial charge is 0.416 e. The smallest absolute Gasteiger partial charge is 0.376 e. The van der Waals surface area contributed by atoms with Gasteiger partial charge in [0.25, 0.3) is 0 Å². The molecule has 2 amide bonds. The fraction of sp³-hybridized carbons (Fsp3) is 0.406. The molecule has 5 rings (SSSR count). The topological polar surface area (TPSA) is 80.8 Å². The van der Waals surface area contributed by atoms with E-state index in [9.17, 15) is 22.8 Å². The lowest BCUT2D eigenvalue weighted by molar-refractivity contribution is -0.138. The summed E-state index contributed by atoms with van der Waals surface area (Å²) in [4.78, 5) is 34.8. The normalized spacial score (nSPS) is 16.1. The van der Waals surface area contributed by atoms with Gasteiger partial charge in [-0.15, -0.1) is 0 Å². The summed E-state index contributed by atoms with van der Waals surface area (Å²) in [5, 5.41) is 5.94. The van der Waals surface area contributed by atoms with Gasteiger partial charge in [-0.05, 0) is 73.8 Å². The van der Waals surface area contributed by atoms with E-state index in [0.29, 0.717) is 24.6 Å². The Labute approximate surface area is 249 Å². The number of aryl methyl sites for hydroxylation is 1. The van der Waals surface area contributed by atoms with Crippen LogP contribution in [0.5, 0.6) is 0 Å². The summed E-state index contributed by atoms with van der Waals surface area (Å²) in [7, 11) is 3.48. The number of pyridine rings is 1. The third kappa shape index (κ3) is 7.71. The van der Waals surface area contributed by atoms with Crippen LogP contribution in [0.1, 0.15) is 29.5 Å². The number of hydrogen-bond donors (Lipinski definition) is 2. The Morgan fingerprint density at radius 3 is 2.33 bits per heavy atom. The number of anilines is 3. The minimum Gasteiger partial charge on any atom is -0.376 e. The zero-order valence-electron chi connectivity index (χ0n) is 24.7. The summed E-state index contributed by atoms with van der Waals surface area (Å²) in [6.45, 7) is 5.09. The summed E-state index contributed by atoms with van der Waals surface area (Å²) < 4.78 is 42.0. The van der Waals surface area contributed by atoms with Crippen LogP contribution >= 0.6 is 0 Å². The van der Waals surface area contributed by atoms with Crippen LogP contribution in [0.3, 0.4) is 0 Å². The SMILES string of the molecule is Cc1cc(-c2ccc(NCC(=O)N(C)c3ccc(CN4CCN(C)CC4)c(C(F)(F)F)c3)cc2)cnc1NC(=O)C1CC1. The van der Waals surface area contributed by atoms with Gasteiger partial charge in [0.05, 0.1) is 12.1 Å². The van der Waals surface area contributed by atoms with Crippen LogP contribution in [-0.2, 0) is 22.3 Å². The average molecular weight is 595 g/mol. The summed E-state index contributed by atoms with van der Waals surface area (Å²) in [6, 6.07) is 13.5. The van der Waals surface area contributed by atoms with Crippen molar-refractivity contribution in [2.45, 2.75) is 32.5 Å². The van der Waals surface area contributed by atoms with Gasteiger partial charge < -0.3 is 20.4 Å². The summed E-state index contributed by atoms with van der Waals surface area (Å²) in [5.74, 6) is 0.307. The van der Waals surface area contributed by atoms with Crippen LogP contribution in [0.2, 0.25) is 0 Å². The van der Waals surface area contributed by atoms with Gasteiger partial charge in [-0.25, -0.2) is 4.98 Å². The Morgan fingerprint density at radius 2 is 1.70 bits per heavy atom. The lowest BCUT2D eigenvalue weighted by Crippen LogP contribution is -2.44. The van der Waals surface area contributed by atoms with Gasteiger partial charge >= 0.3 is 6.18 Å². The van der Waals surface area contributed by atoms with Crippen molar-refractivity contribution < 1.29 is 22.8 Å². The average Bonchev–Trinajstić information content (AvgIpc) is 3.84. The monoisotopic (exact) mass is 594 g/mol. The first-order chi connectivity index (χ1) is 20.5. The number of piperazine rings is 1. The molecule has 43 heavy (non-hydrogen) atoms. The second-order valence-corrected chi connectivity index (χ2v) is 11.5. The van der Waals surface area contributed by atoms with Crippen molar-refractivity contribution in [1.82, 2.24) is 14.8 Å². The van der Waals surface area contributed by atoms with Crippen molar-refractivity contribution >= 4 is 29.0 Å². The molecule has 1 aromatic heterocycles. The maximum absolute atomic E-state index is 14.0. The lowest BCUT2D eigenvalue weighted by atomic mass is 10.0. The first kappa shape index (κ1) is 30.5. The van der Waals surface area contributed by atoms with Crippen LogP contribution in [0.4, 0.5) is 30.4 Å². The molecule has 2 aliphatic rings. The molecule has 3 aromatic rings. The van der Waals surface area contributed by atoms with Gasteiger partial charge in [-0.3, -0.25) is 14.5 Å². The van der Waals surface area contributed by atoms with E-state index >= 15 is 0 Å². The van der Waals surface area contributed by atoms with Gasteiger partial charge in [0.2, 0.25) is 11.8 Å². The molecule has 2 fully saturated rings. The number of carbonyl (C=O) groups excluding carboxylic acids is 2. The number of halogens is 3. The highest BCUT2D eigenvalue weighted by molar-refractivity contribution is 5.96. The minimum absolute atomic E-state index is 0.0120. The van der Waals surface area contributed by atoms with E-state index in [-0.39, 0.29) is 42.1 Å². The molecule has 2 heterocycles. The summed E-state index contributed by atoms with van der Waals surface area (Å²) in [6.07, 6.45) is -0.966. The van der Waals surface area contributed by atoms with E-state index in [2.05, 4.69) is 20.5 Å². The maximum atomic E-state index is 14.0. The number of hydrogen-bond acceptors (Lipinski definition) is 6. The van der Waals surface area contributed by atoms with Crippen molar-refractivity contribution in [2.75, 3.05) is 62.4 Å². The number of aromatic nitrogens is 1. The number of nitrogens with zero attached hydrogens (tertiary/aromatic N) is 4. The molecule has 8 nitrogen and oxygen atoms in total. The van der Waals surface area contributed by atoms with Gasteiger partial charge in [-0.1, -0.05) is 18.2 Å². The number of nitrogens with one attached hydrogen (secondary N) is 2. The number of rotatable bonds is 9. The predicted molar refractivity (Wildman–Crippen MR) is 162 cm³/mol. The maximum Gasteiger partial charge on any atom is 0.416 e. The van der Waals surface area contributed by atoms with Gasteiger partial charge in [-0.2, -0.15) is 13.2 Å². The Kier molecular flexibility index (Phi) is 9.03. The van der Waals surface area contributed by atoms with Crippen molar-refractivity contribution in [1.29, 1.82) is 0 Å². The third-order valence-electron chi connectivity index (χ3n) is 8.08. The molecule has 2 aromatic carbocycles. The van der Waals surface area contributed by atoms with Crippen LogP contribution in [0.15, 0.2) is 54.7 Å². The van der Waals surface area contributed by atoms with Gasteiger partial charge in [0, 0.05) is 68.8 Å². The number of benzene rings is 2. The lowest BCUT2D eigenvalue weighted by Gasteiger charge is -2.33. The molecule has 1 saturated heterocycles. The van der Waals surface area contributed by atoms with Crippen LogP contribution in [-0.4, -0.2) is 73.4 Å². The molecule has 0 spiro atoms. The zero-order valence-corrected chi connectivity index (χ0v) is 24.7. The number of likely N-dealkylation sites (N-methyl/N-ethyl adjacent to an activating group) is 2. The fourth-order valence-corrected chi connectivity index (χ4v) is 5.07. The van der Waals surface area contributed by atoms with E-state index in [4.69, 9.17) is 0 Å². The van der Waals surface area contributed by atoms with Crippen molar-refractivity contribution in [3.8, 4) is 11.1 Å². The highest BCUT2D eigenvalue weighted by Gasteiger charge is 2.35. The minimum atomic E-state index is -4.53. The molecule has 0 unspecified atom stereocenters. The number of amides is 2. The Morgan fingerprint density at radius 1 is 1.00 bits per heavy atom. The van der Waals surface area contributed by atoms with E-state index in [1.54, 1.807) is 12.3 Å². The molecule has 228 valence electrons. The molecule has 0 atom stereocenters. The Hall–Kier alpha value is -3.96. The second-order valence-electron chi connectivity index (χ2n) is 11.5. The Balaban J connectivity index is 1.19. The number of alkyl halides is 3. The third-order valence-corrected chi connectivity index (χ3v) is 8.08. The fourth-order valence-electron chi connectivity index (χ4n) is 5.07. The molecule has 1 saturated carbocycles. The standard InChI is InChI=1S/C32H37F3N6O2/c1-21-16-25(18-37-30(21)38-31(43)23-4-5-23)22-6-9-26(10-7-22)36-19-29(42)40(3)27-11-8-24(28(17-27)32(33,34)35)20-41-14-12-39(2)13-15-41/h6-11,16-18,23,36H,4-5,12-15,19-20H2,1-3H3,(H,37,38,43). The molecular weight excluding hydrogens is 557 g/mol. The molecule has 1 aliphatic heterocycles. The van der Waals surface area contributed by atoms with Crippen LogP contribution in [0.25, 0.3) is 11.1 Å². The predicted octanol–water partition coefficient (Wildman–Crippen LogP) is 5.25. The summed E-state index contributed by atoms with van der Waals surface area (Å²) >= 11 is 0. The Bertz CT molecular complexity index is 1460. The quantitative estimate of drug-likeness (QED) is 0.353. The zero-order chi connectivity index (χ0) is 30.7. The van der Waals surface area contributed by atoms with Gasteiger partial charge in [0.1, 0.15) is 5.82 Å². The summed E-state index contributed by atoms with van der Waals surface area (Å²) in [5.41, 5.74) is 3.06. The molecule has 0 radical (unpaired) electrons. The van der Waals surface area contributed by atoms with Crippen LogP contribution in [0, 0.1) is 12.8 Å². The van der Waals surface area contributed by atoms with E-state index in [0.717, 1.165) is 48.7 Å².